The number of amides is 1. The number of rotatable bonds is 5. The first kappa shape index (κ1) is 19.0. The third-order valence-corrected chi connectivity index (χ3v) is 5.91. The molecule has 28 heavy (non-hydrogen) atoms. The predicted molar refractivity (Wildman–Crippen MR) is 111 cm³/mol. The van der Waals surface area contributed by atoms with Gasteiger partial charge >= 0.3 is 0 Å². The van der Waals surface area contributed by atoms with E-state index in [0.717, 1.165) is 51.3 Å². The number of carbonyl (C=O) groups excluding carboxylic acids is 1. The average molecular weight is 379 g/mol. The van der Waals surface area contributed by atoms with Crippen molar-refractivity contribution >= 4 is 5.91 Å². The Kier molecular flexibility index (Phi) is 5.96. The van der Waals surface area contributed by atoms with E-state index in [2.05, 4.69) is 41.3 Å². The van der Waals surface area contributed by atoms with E-state index in [4.69, 9.17) is 4.74 Å². The van der Waals surface area contributed by atoms with Gasteiger partial charge in [0.1, 0.15) is 5.75 Å². The summed E-state index contributed by atoms with van der Waals surface area (Å²) in [6.07, 6.45) is 4.37. The number of carbonyl (C=O) groups is 1. The third-order valence-electron chi connectivity index (χ3n) is 5.91. The lowest BCUT2D eigenvalue weighted by molar-refractivity contribution is -0.139. The first-order valence-electron chi connectivity index (χ1n) is 10.5. The van der Waals surface area contributed by atoms with Crippen molar-refractivity contribution < 1.29 is 9.53 Å². The second-order valence-electron chi connectivity index (χ2n) is 7.98. The molecule has 0 saturated carbocycles. The summed E-state index contributed by atoms with van der Waals surface area (Å²) < 4.78 is 6.01. The van der Waals surface area contributed by atoms with Crippen molar-refractivity contribution in [2.24, 2.45) is 0 Å². The van der Waals surface area contributed by atoms with Crippen molar-refractivity contribution in [3.05, 3.63) is 65.2 Å². The molecule has 1 atom stereocenters. The van der Waals surface area contributed by atoms with Crippen LogP contribution in [0, 0.1) is 0 Å². The van der Waals surface area contributed by atoms with Gasteiger partial charge in [-0.1, -0.05) is 36.4 Å². The number of hydrogen-bond acceptors (Lipinski definition) is 3. The molecule has 0 spiro atoms. The molecule has 0 radical (unpaired) electrons. The molecule has 0 bridgehead atoms. The monoisotopic (exact) mass is 378 g/mol. The van der Waals surface area contributed by atoms with E-state index in [9.17, 15) is 4.79 Å². The van der Waals surface area contributed by atoms with E-state index in [0.29, 0.717) is 0 Å². The lowest BCUT2D eigenvalue weighted by Crippen LogP contribution is -2.51. The number of hydrogen-bond donors (Lipinski definition) is 0. The van der Waals surface area contributed by atoms with E-state index in [-0.39, 0.29) is 5.91 Å². The van der Waals surface area contributed by atoms with Crippen molar-refractivity contribution in [3.63, 3.8) is 0 Å². The molecule has 148 valence electrons. The highest BCUT2D eigenvalue weighted by Gasteiger charge is 2.26. The van der Waals surface area contributed by atoms with Gasteiger partial charge in [0.05, 0.1) is 0 Å². The van der Waals surface area contributed by atoms with Gasteiger partial charge in [0.2, 0.25) is 0 Å². The molecule has 4 nitrogen and oxygen atoms in total. The molecule has 0 aromatic heterocycles. The molecular formula is C24H30N2O2. The number of piperazine rings is 1. The fourth-order valence-electron chi connectivity index (χ4n) is 4.26. The lowest BCUT2D eigenvalue weighted by Gasteiger charge is -2.36. The molecule has 4 heteroatoms. The Balaban J connectivity index is 1.29. The first-order chi connectivity index (χ1) is 13.7. The molecular weight excluding hydrogens is 348 g/mol. The van der Waals surface area contributed by atoms with E-state index in [1.54, 1.807) is 0 Å². The molecule has 2 aliphatic rings. The van der Waals surface area contributed by atoms with Gasteiger partial charge < -0.3 is 9.64 Å². The molecule has 0 unspecified atom stereocenters. The molecule has 1 aliphatic carbocycles. The number of benzene rings is 2. The SMILES string of the molecule is C[C@H](Oc1ccc2c(c1)CCCC2)C(=O)N1CCN(Cc2ccccc2)CC1. The highest BCUT2D eigenvalue weighted by molar-refractivity contribution is 5.81. The van der Waals surface area contributed by atoms with Crippen LogP contribution in [0.5, 0.6) is 5.75 Å². The van der Waals surface area contributed by atoms with Gasteiger partial charge in [0.15, 0.2) is 6.10 Å². The van der Waals surface area contributed by atoms with Crippen molar-refractivity contribution in [2.75, 3.05) is 26.2 Å². The second kappa shape index (κ2) is 8.78. The Bertz CT molecular complexity index is 798. The average Bonchev–Trinajstić information content (AvgIpc) is 2.74. The fraction of sp³-hybridized carbons (Fsp3) is 0.458. The first-order valence-corrected chi connectivity index (χ1v) is 10.5. The van der Waals surface area contributed by atoms with Crippen LogP contribution in [0.1, 0.15) is 36.5 Å². The number of ether oxygens (including phenoxy) is 1. The minimum atomic E-state index is -0.442. The maximum absolute atomic E-state index is 12.8. The Morgan fingerprint density at radius 3 is 2.43 bits per heavy atom. The van der Waals surface area contributed by atoms with Crippen LogP contribution in [-0.2, 0) is 24.2 Å². The van der Waals surface area contributed by atoms with Gasteiger partial charge in [-0.15, -0.1) is 0 Å². The summed E-state index contributed by atoms with van der Waals surface area (Å²) in [4.78, 5) is 17.2. The van der Waals surface area contributed by atoms with Gasteiger partial charge in [-0.3, -0.25) is 9.69 Å². The van der Waals surface area contributed by atoms with E-state index in [1.165, 1.54) is 29.5 Å². The standard InChI is InChI=1S/C24H30N2O2/c1-19(28-23-12-11-21-9-5-6-10-22(21)17-23)24(27)26-15-13-25(14-16-26)18-20-7-3-2-4-8-20/h2-4,7-8,11-12,17,19H,5-6,9-10,13-16,18H2,1H3/t19-/m0/s1. The summed E-state index contributed by atoms with van der Waals surface area (Å²) >= 11 is 0. The Morgan fingerprint density at radius 2 is 1.68 bits per heavy atom. The topological polar surface area (TPSA) is 32.8 Å². The molecule has 2 aromatic rings. The van der Waals surface area contributed by atoms with Crippen molar-refractivity contribution in [2.45, 2.75) is 45.3 Å². The zero-order chi connectivity index (χ0) is 19.3. The predicted octanol–water partition coefficient (Wildman–Crippen LogP) is 3.68. The van der Waals surface area contributed by atoms with Crippen LogP contribution in [0.4, 0.5) is 0 Å². The summed E-state index contributed by atoms with van der Waals surface area (Å²) in [6.45, 7) is 6.17. The van der Waals surface area contributed by atoms with Gasteiger partial charge in [0.25, 0.3) is 5.91 Å². The van der Waals surface area contributed by atoms with Crippen LogP contribution in [0.2, 0.25) is 0 Å². The van der Waals surface area contributed by atoms with Crippen LogP contribution in [0.15, 0.2) is 48.5 Å². The quantitative estimate of drug-likeness (QED) is 0.796. The molecule has 1 heterocycles. The smallest absolute Gasteiger partial charge is 0.263 e. The fourth-order valence-corrected chi connectivity index (χ4v) is 4.26. The molecule has 1 fully saturated rings. The van der Waals surface area contributed by atoms with Gasteiger partial charge in [-0.25, -0.2) is 0 Å². The molecule has 4 rings (SSSR count). The Labute approximate surface area is 168 Å². The van der Waals surface area contributed by atoms with Crippen LogP contribution in [0.25, 0.3) is 0 Å². The number of aryl methyl sites for hydroxylation is 2. The largest absolute Gasteiger partial charge is 0.481 e. The molecule has 1 amide bonds. The lowest BCUT2D eigenvalue weighted by atomic mass is 9.92. The normalized spacial score (nSPS) is 18.4. The van der Waals surface area contributed by atoms with Crippen LogP contribution in [0.3, 0.4) is 0 Å². The van der Waals surface area contributed by atoms with Crippen molar-refractivity contribution in [1.29, 1.82) is 0 Å². The van der Waals surface area contributed by atoms with Crippen LogP contribution < -0.4 is 4.74 Å². The minimum Gasteiger partial charge on any atom is -0.481 e. The summed E-state index contributed by atoms with van der Waals surface area (Å²) in [7, 11) is 0. The Hall–Kier alpha value is -2.33. The minimum absolute atomic E-state index is 0.0945. The molecule has 0 N–H and O–H groups in total. The second-order valence-corrected chi connectivity index (χ2v) is 7.98. The van der Waals surface area contributed by atoms with Gasteiger partial charge in [0, 0.05) is 32.7 Å². The summed E-state index contributed by atoms with van der Waals surface area (Å²) in [5.74, 6) is 0.918. The summed E-state index contributed by atoms with van der Waals surface area (Å²) in [5, 5.41) is 0. The molecule has 1 saturated heterocycles. The zero-order valence-corrected chi connectivity index (χ0v) is 16.8. The summed E-state index contributed by atoms with van der Waals surface area (Å²) in [5.41, 5.74) is 4.15. The van der Waals surface area contributed by atoms with Crippen LogP contribution >= 0.6 is 0 Å². The Morgan fingerprint density at radius 1 is 0.964 bits per heavy atom. The van der Waals surface area contributed by atoms with E-state index < -0.39 is 6.10 Å². The van der Waals surface area contributed by atoms with Crippen molar-refractivity contribution in [1.82, 2.24) is 9.80 Å². The van der Waals surface area contributed by atoms with E-state index >= 15 is 0 Å². The zero-order valence-electron chi connectivity index (χ0n) is 16.8. The maximum Gasteiger partial charge on any atom is 0.263 e. The van der Waals surface area contributed by atoms with Crippen LogP contribution in [-0.4, -0.2) is 48.0 Å². The highest BCUT2D eigenvalue weighted by Crippen LogP contribution is 2.26. The highest BCUT2D eigenvalue weighted by atomic mass is 16.5. The van der Waals surface area contributed by atoms with E-state index in [1.807, 2.05) is 24.0 Å². The molecule has 2 aromatic carbocycles. The molecule has 1 aliphatic heterocycles. The maximum atomic E-state index is 12.8. The summed E-state index contributed by atoms with van der Waals surface area (Å²) in [6, 6.07) is 16.8. The number of fused-ring (bicyclic) bond motifs is 1. The number of nitrogens with zero attached hydrogens (tertiary/aromatic N) is 2. The van der Waals surface area contributed by atoms with Crippen molar-refractivity contribution in [3.8, 4) is 5.75 Å². The van der Waals surface area contributed by atoms with Gasteiger partial charge in [-0.2, -0.15) is 0 Å². The van der Waals surface area contributed by atoms with Gasteiger partial charge in [-0.05, 0) is 61.4 Å². The third kappa shape index (κ3) is 4.56.